The Hall–Kier alpha value is -2.54. The number of benzene rings is 3. The van der Waals surface area contributed by atoms with E-state index in [0.29, 0.717) is 5.92 Å². The van der Waals surface area contributed by atoms with E-state index in [0.717, 1.165) is 12.1 Å². The molecule has 0 amide bonds. The maximum atomic E-state index is 6.38. The van der Waals surface area contributed by atoms with E-state index in [1.165, 1.54) is 37.9 Å². The Morgan fingerprint density at radius 2 is 1.61 bits per heavy atom. The molecular weight excluding hydrogens is 278 g/mol. The van der Waals surface area contributed by atoms with Gasteiger partial charge in [0, 0.05) is 16.8 Å². The maximum Gasteiger partial charge on any atom is 0.0192 e. The first-order valence-electron chi connectivity index (χ1n) is 8.23. The van der Waals surface area contributed by atoms with E-state index in [-0.39, 0.29) is 0 Å². The normalized spacial score (nSPS) is 17.4. The molecule has 1 heteroatoms. The summed E-state index contributed by atoms with van der Waals surface area (Å²) in [5.41, 5.74) is 11.5. The molecule has 0 fully saturated rings. The van der Waals surface area contributed by atoms with Gasteiger partial charge in [0.05, 0.1) is 0 Å². The van der Waals surface area contributed by atoms with Crippen molar-refractivity contribution in [1.29, 1.82) is 0 Å². The molecule has 3 aromatic rings. The fourth-order valence-corrected chi connectivity index (χ4v) is 3.75. The predicted molar refractivity (Wildman–Crippen MR) is 98.3 cm³/mol. The summed E-state index contributed by atoms with van der Waals surface area (Å²) in [7, 11) is 0. The number of fused-ring (bicyclic) bond motifs is 2. The van der Waals surface area contributed by atoms with Gasteiger partial charge in [0.15, 0.2) is 0 Å². The van der Waals surface area contributed by atoms with Crippen LogP contribution in [0.5, 0.6) is 0 Å². The third-order valence-corrected chi connectivity index (χ3v) is 4.94. The van der Waals surface area contributed by atoms with Gasteiger partial charge in [0.1, 0.15) is 0 Å². The second kappa shape index (κ2) is 5.27. The Bertz CT molecular complexity index is 1030. The molecule has 4 rings (SSSR count). The number of rotatable bonds is 1. The van der Waals surface area contributed by atoms with Crippen molar-refractivity contribution < 1.29 is 0 Å². The molecule has 1 atom stereocenters. The molecule has 0 radical (unpaired) electrons. The lowest BCUT2D eigenvalue weighted by molar-refractivity contribution is 0.747. The van der Waals surface area contributed by atoms with Gasteiger partial charge in [-0.15, -0.1) is 0 Å². The van der Waals surface area contributed by atoms with Crippen LogP contribution < -0.4 is 16.2 Å². The molecule has 114 valence electrons. The van der Waals surface area contributed by atoms with Crippen LogP contribution in [0.3, 0.4) is 0 Å². The third kappa shape index (κ3) is 2.24. The van der Waals surface area contributed by atoms with Gasteiger partial charge in [-0.05, 0) is 46.0 Å². The van der Waals surface area contributed by atoms with Crippen molar-refractivity contribution >= 4 is 22.0 Å². The van der Waals surface area contributed by atoms with Crippen LogP contribution in [0.2, 0.25) is 0 Å². The van der Waals surface area contributed by atoms with Gasteiger partial charge >= 0.3 is 0 Å². The van der Waals surface area contributed by atoms with Crippen LogP contribution in [-0.4, -0.2) is 0 Å². The smallest absolute Gasteiger partial charge is 0.0192 e. The van der Waals surface area contributed by atoms with Crippen molar-refractivity contribution in [2.45, 2.75) is 20.3 Å². The lowest BCUT2D eigenvalue weighted by atomic mass is 9.84. The van der Waals surface area contributed by atoms with Crippen LogP contribution in [0, 0.1) is 12.8 Å². The standard InChI is InChI=1S/C22H21N/c1-14-11-16-7-3-4-8-17(16)20(12-14)21-13-15(2)22(23)19-10-6-5-9-18(19)21/h3-12,15H,13,23H2,1-2H3. The molecule has 1 unspecified atom stereocenters. The van der Waals surface area contributed by atoms with Crippen LogP contribution in [0.1, 0.15) is 24.5 Å². The molecule has 0 saturated carbocycles. The quantitative estimate of drug-likeness (QED) is 0.732. The molecule has 1 aliphatic carbocycles. The monoisotopic (exact) mass is 299 g/mol. The summed E-state index contributed by atoms with van der Waals surface area (Å²) in [6, 6.07) is 21.8. The topological polar surface area (TPSA) is 26.0 Å². The van der Waals surface area contributed by atoms with Crippen molar-refractivity contribution in [3.05, 3.63) is 82.2 Å². The number of aryl methyl sites for hydroxylation is 1. The Kier molecular flexibility index (Phi) is 3.23. The molecule has 2 N–H and O–H groups in total. The van der Waals surface area contributed by atoms with Gasteiger partial charge in [-0.25, -0.2) is 0 Å². The molecule has 0 heterocycles. The molecule has 0 aromatic heterocycles. The van der Waals surface area contributed by atoms with Gasteiger partial charge in [-0.1, -0.05) is 67.6 Å². The van der Waals surface area contributed by atoms with Crippen molar-refractivity contribution in [3.8, 4) is 0 Å². The Balaban J connectivity index is 2.17. The maximum absolute atomic E-state index is 6.38. The fourth-order valence-electron chi connectivity index (χ4n) is 3.75. The molecule has 1 nitrogen and oxygen atoms in total. The number of hydrogen-bond acceptors (Lipinski definition) is 1. The van der Waals surface area contributed by atoms with Crippen LogP contribution in [-0.2, 0) is 0 Å². The fraction of sp³-hybridized carbons (Fsp3) is 0.182. The van der Waals surface area contributed by atoms with E-state index < -0.39 is 0 Å². The minimum atomic E-state index is 0.374. The summed E-state index contributed by atoms with van der Waals surface area (Å²) in [5, 5.41) is 5.13. The lowest BCUT2D eigenvalue weighted by Crippen LogP contribution is -2.37. The van der Waals surface area contributed by atoms with E-state index in [1.807, 2.05) is 0 Å². The molecule has 0 aliphatic heterocycles. The molecule has 3 aromatic carbocycles. The predicted octanol–water partition coefficient (Wildman–Crippen LogP) is 3.45. The van der Waals surface area contributed by atoms with Crippen LogP contribution in [0.25, 0.3) is 22.0 Å². The minimum absolute atomic E-state index is 0.374. The summed E-state index contributed by atoms with van der Waals surface area (Å²) in [6.07, 6.45) is 0.996. The Morgan fingerprint density at radius 1 is 0.913 bits per heavy atom. The summed E-state index contributed by atoms with van der Waals surface area (Å²) < 4.78 is 0. The first-order chi connectivity index (χ1) is 11.1. The highest BCUT2D eigenvalue weighted by atomic mass is 14.6. The van der Waals surface area contributed by atoms with Gasteiger partial charge in [-0.3, -0.25) is 0 Å². The average molecular weight is 299 g/mol. The number of nitrogens with two attached hydrogens (primary N) is 1. The van der Waals surface area contributed by atoms with Crippen molar-refractivity contribution in [2.75, 3.05) is 0 Å². The zero-order valence-corrected chi connectivity index (χ0v) is 13.6. The van der Waals surface area contributed by atoms with Gasteiger partial charge in [0.2, 0.25) is 0 Å². The second-order valence-electron chi connectivity index (χ2n) is 6.62. The third-order valence-electron chi connectivity index (χ3n) is 4.94. The molecule has 0 bridgehead atoms. The summed E-state index contributed by atoms with van der Waals surface area (Å²) in [4.78, 5) is 0. The van der Waals surface area contributed by atoms with Crippen molar-refractivity contribution in [2.24, 2.45) is 11.7 Å². The van der Waals surface area contributed by atoms with Crippen LogP contribution in [0.15, 0.2) is 60.7 Å². The highest BCUT2D eigenvalue weighted by molar-refractivity contribution is 5.94. The Morgan fingerprint density at radius 3 is 2.43 bits per heavy atom. The highest BCUT2D eigenvalue weighted by Gasteiger charge is 2.18. The van der Waals surface area contributed by atoms with Crippen molar-refractivity contribution in [1.82, 2.24) is 0 Å². The van der Waals surface area contributed by atoms with E-state index in [9.17, 15) is 0 Å². The van der Waals surface area contributed by atoms with Crippen LogP contribution in [0.4, 0.5) is 0 Å². The first-order valence-corrected chi connectivity index (χ1v) is 8.23. The lowest BCUT2D eigenvalue weighted by Gasteiger charge is -2.22. The minimum Gasteiger partial charge on any atom is -0.401 e. The van der Waals surface area contributed by atoms with Gasteiger partial charge in [-0.2, -0.15) is 0 Å². The molecular formula is C22H21N. The summed E-state index contributed by atoms with van der Waals surface area (Å²) in [6.45, 7) is 4.40. The highest BCUT2D eigenvalue weighted by Crippen LogP contribution is 2.31. The largest absolute Gasteiger partial charge is 0.401 e. The summed E-state index contributed by atoms with van der Waals surface area (Å²) in [5.74, 6) is 0.374. The Labute approximate surface area is 136 Å². The van der Waals surface area contributed by atoms with Gasteiger partial charge in [0.25, 0.3) is 0 Å². The zero-order chi connectivity index (χ0) is 16.0. The van der Waals surface area contributed by atoms with E-state index >= 15 is 0 Å². The van der Waals surface area contributed by atoms with Crippen LogP contribution >= 0.6 is 0 Å². The molecule has 0 spiro atoms. The molecule has 23 heavy (non-hydrogen) atoms. The average Bonchev–Trinajstić information content (AvgIpc) is 2.57. The van der Waals surface area contributed by atoms with E-state index in [1.54, 1.807) is 0 Å². The number of hydrogen-bond donors (Lipinski definition) is 1. The second-order valence-corrected chi connectivity index (χ2v) is 6.62. The molecule has 1 aliphatic rings. The van der Waals surface area contributed by atoms with Crippen molar-refractivity contribution in [3.63, 3.8) is 0 Å². The summed E-state index contributed by atoms with van der Waals surface area (Å²) >= 11 is 0. The first kappa shape index (κ1) is 14.1. The SMILES string of the molecule is Cc1cc(C2=c3ccccc3=C(N)C(C)C2)c2ccccc2c1. The van der Waals surface area contributed by atoms with E-state index in [4.69, 9.17) is 5.73 Å². The zero-order valence-electron chi connectivity index (χ0n) is 13.6. The molecule has 0 saturated heterocycles. The van der Waals surface area contributed by atoms with Gasteiger partial charge < -0.3 is 5.73 Å². The van der Waals surface area contributed by atoms with E-state index in [2.05, 4.69) is 74.5 Å².